The van der Waals surface area contributed by atoms with Crippen molar-refractivity contribution in [3.8, 4) is 6.01 Å². The summed E-state index contributed by atoms with van der Waals surface area (Å²) in [5, 5.41) is 3.60. The molecule has 0 unspecified atom stereocenters. The van der Waals surface area contributed by atoms with Crippen molar-refractivity contribution in [2.45, 2.75) is 32.9 Å². The molecule has 2 aromatic rings. The molecule has 1 fully saturated rings. The quantitative estimate of drug-likeness (QED) is 0.909. The van der Waals surface area contributed by atoms with E-state index < -0.39 is 0 Å². The summed E-state index contributed by atoms with van der Waals surface area (Å²) in [7, 11) is 0. The lowest BCUT2D eigenvalue weighted by Gasteiger charge is -2.17. The predicted molar refractivity (Wildman–Crippen MR) is 95.8 cm³/mol. The molecular weight excluding hydrogens is 340 g/mol. The fourth-order valence-electron chi connectivity index (χ4n) is 2.80. The van der Waals surface area contributed by atoms with Crippen LogP contribution in [-0.4, -0.2) is 40.1 Å². The Morgan fingerprint density at radius 1 is 1.28 bits per heavy atom. The second-order valence-corrected chi connectivity index (χ2v) is 6.63. The third kappa shape index (κ3) is 4.82. The van der Waals surface area contributed by atoms with Crippen molar-refractivity contribution in [1.82, 2.24) is 20.2 Å². The number of amides is 2. The van der Waals surface area contributed by atoms with Gasteiger partial charge in [0.1, 0.15) is 6.10 Å². The molecule has 1 aliphatic heterocycles. The SMILES string of the molecule is Cc1cc(C)nc(O[C@@H]2CCN(C(=O)NCc3ccc(Cl)cc3)C2)n1. The van der Waals surface area contributed by atoms with Crippen molar-refractivity contribution in [3.05, 3.63) is 52.3 Å². The van der Waals surface area contributed by atoms with Crippen LogP contribution in [0.15, 0.2) is 30.3 Å². The number of urea groups is 1. The van der Waals surface area contributed by atoms with Crippen LogP contribution < -0.4 is 10.1 Å². The number of likely N-dealkylation sites (tertiary alicyclic amines) is 1. The Kier molecular flexibility index (Phi) is 5.38. The average molecular weight is 361 g/mol. The maximum atomic E-state index is 12.3. The molecule has 1 aromatic carbocycles. The van der Waals surface area contributed by atoms with Crippen LogP contribution in [-0.2, 0) is 6.54 Å². The molecule has 1 saturated heterocycles. The van der Waals surface area contributed by atoms with Gasteiger partial charge in [-0.05, 0) is 37.6 Å². The number of carbonyl (C=O) groups excluding carboxylic acids is 1. The number of nitrogens with zero attached hydrogens (tertiary/aromatic N) is 3. The van der Waals surface area contributed by atoms with Crippen molar-refractivity contribution in [3.63, 3.8) is 0 Å². The van der Waals surface area contributed by atoms with E-state index in [0.717, 1.165) is 23.4 Å². The van der Waals surface area contributed by atoms with Crippen LogP contribution in [0.1, 0.15) is 23.4 Å². The lowest BCUT2D eigenvalue weighted by atomic mass is 10.2. The Morgan fingerprint density at radius 2 is 1.96 bits per heavy atom. The highest BCUT2D eigenvalue weighted by atomic mass is 35.5. The predicted octanol–water partition coefficient (Wildman–Crippen LogP) is 3.11. The highest BCUT2D eigenvalue weighted by molar-refractivity contribution is 6.30. The number of aryl methyl sites for hydroxylation is 2. The molecule has 0 radical (unpaired) electrons. The summed E-state index contributed by atoms with van der Waals surface area (Å²) in [6.07, 6.45) is 0.688. The molecule has 2 amide bonds. The van der Waals surface area contributed by atoms with E-state index in [1.807, 2.05) is 44.2 Å². The third-order valence-corrected chi connectivity index (χ3v) is 4.28. The number of rotatable bonds is 4. The van der Waals surface area contributed by atoms with Crippen molar-refractivity contribution >= 4 is 17.6 Å². The van der Waals surface area contributed by atoms with E-state index in [4.69, 9.17) is 16.3 Å². The molecule has 7 heteroatoms. The van der Waals surface area contributed by atoms with Crippen LogP contribution in [0.25, 0.3) is 0 Å². The van der Waals surface area contributed by atoms with E-state index in [1.165, 1.54) is 0 Å². The molecule has 1 aliphatic rings. The van der Waals surface area contributed by atoms with Crippen LogP contribution in [0.5, 0.6) is 6.01 Å². The minimum absolute atomic E-state index is 0.0810. The largest absolute Gasteiger partial charge is 0.458 e. The number of nitrogens with one attached hydrogen (secondary N) is 1. The molecule has 132 valence electrons. The van der Waals surface area contributed by atoms with Crippen molar-refractivity contribution in [2.75, 3.05) is 13.1 Å². The number of ether oxygens (including phenoxy) is 1. The molecule has 1 aromatic heterocycles. The first-order valence-electron chi connectivity index (χ1n) is 8.26. The Bertz CT molecular complexity index is 731. The molecule has 0 spiro atoms. The highest BCUT2D eigenvalue weighted by Gasteiger charge is 2.28. The van der Waals surface area contributed by atoms with Crippen molar-refractivity contribution < 1.29 is 9.53 Å². The molecule has 6 nitrogen and oxygen atoms in total. The van der Waals surface area contributed by atoms with Crippen LogP contribution in [0.3, 0.4) is 0 Å². The number of aromatic nitrogens is 2. The smallest absolute Gasteiger partial charge is 0.317 e. The molecule has 0 aliphatic carbocycles. The maximum Gasteiger partial charge on any atom is 0.317 e. The zero-order valence-electron chi connectivity index (χ0n) is 14.3. The van der Waals surface area contributed by atoms with Crippen molar-refractivity contribution in [1.29, 1.82) is 0 Å². The zero-order chi connectivity index (χ0) is 17.8. The molecule has 1 N–H and O–H groups in total. The van der Waals surface area contributed by atoms with Gasteiger partial charge in [0.05, 0.1) is 6.54 Å². The number of carbonyl (C=O) groups is 1. The number of benzene rings is 1. The Morgan fingerprint density at radius 3 is 2.64 bits per heavy atom. The minimum Gasteiger partial charge on any atom is -0.458 e. The fourth-order valence-corrected chi connectivity index (χ4v) is 2.92. The fraction of sp³-hybridized carbons (Fsp3) is 0.389. The van der Waals surface area contributed by atoms with Crippen molar-refractivity contribution in [2.24, 2.45) is 0 Å². The molecule has 0 saturated carbocycles. The first-order chi connectivity index (χ1) is 12.0. The monoisotopic (exact) mass is 360 g/mol. The average Bonchev–Trinajstić information content (AvgIpc) is 3.01. The van der Waals surface area contributed by atoms with Crippen LogP contribution in [0.2, 0.25) is 5.02 Å². The summed E-state index contributed by atoms with van der Waals surface area (Å²) in [6.45, 7) is 5.47. The van der Waals surface area contributed by atoms with E-state index in [1.54, 1.807) is 4.90 Å². The van der Waals surface area contributed by atoms with Gasteiger partial charge in [-0.2, -0.15) is 0 Å². The molecule has 2 heterocycles. The summed E-state index contributed by atoms with van der Waals surface area (Å²) in [6, 6.07) is 9.61. The van der Waals surface area contributed by atoms with Gasteiger partial charge in [0, 0.05) is 35.9 Å². The first-order valence-corrected chi connectivity index (χ1v) is 8.63. The van der Waals surface area contributed by atoms with E-state index in [-0.39, 0.29) is 12.1 Å². The van der Waals surface area contributed by atoms with Gasteiger partial charge >= 0.3 is 12.0 Å². The summed E-state index contributed by atoms with van der Waals surface area (Å²) in [5.41, 5.74) is 2.75. The lowest BCUT2D eigenvalue weighted by molar-refractivity contribution is 0.177. The summed E-state index contributed by atoms with van der Waals surface area (Å²) in [4.78, 5) is 22.6. The second-order valence-electron chi connectivity index (χ2n) is 6.19. The summed E-state index contributed by atoms with van der Waals surface area (Å²) < 4.78 is 5.83. The number of hydrogen-bond donors (Lipinski definition) is 1. The molecule has 25 heavy (non-hydrogen) atoms. The van der Waals surface area contributed by atoms with Crippen LogP contribution >= 0.6 is 11.6 Å². The minimum atomic E-state index is -0.0950. The van der Waals surface area contributed by atoms with Gasteiger partial charge in [-0.15, -0.1) is 0 Å². The van der Waals surface area contributed by atoms with E-state index in [9.17, 15) is 4.79 Å². The van der Waals surface area contributed by atoms with Crippen LogP contribution in [0, 0.1) is 13.8 Å². The molecule has 0 bridgehead atoms. The zero-order valence-corrected chi connectivity index (χ0v) is 15.1. The van der Waals surface area contributed by atoms with Gasteiger partial charge in [0.15, 0.2) is 0 Å². The van der Waals surface area contributed by atoms with Gasteiger partial charge in [-0.25, -0.2) is 14.8 Å². The van der Waals surface area contributed by atoms with Gasteiger partial charge in [0.25, 0.3) is 0 Å². The second kappa shape index (κ2) is 7.70. The summed E-state index contributed by atoms with van der Waals surface area (Å²) in [5.74, 6) is 0. The van der Waals surface area contributed by atoms with E-state index in [2.05, 4.69) is 15.3 Å². The molecule has 3 rings (SSSR count). The summed E-state index contributed by atoms with van der Waals surface area (Å²) >= 11 is 5.86. The Labute approximate surface area is 152 Å². The van der Waals surface area contributed by atoms with Gasteiger partial charge in [-0.1, -0.05) is 23.7 Å². The highest BCUT2D eigenvalue weighted by Crippen LogP contribution is 2.16. The van der Waals surface area contributed by atoms with Gasteiger partial charge in [-0.3, -0.25) is 0 Å². The molecule has 1 atom stereocenters. The van der Waals surface area contributed by atoms with E-state index in [0.29, 0.717) is 30.7 Å². The third-order valence-electron chi connectivity index (χ3n) is 4.02. The lowest BCUT2D eigenvalue weighted by Crippen LogP contribution is -2.39. The van der Waals surface area contributed by atoms with Gasteiger partial charge in [0.2, 0.25) is 0 Å². The first kappa shape index (κ1) is 17.5. The normalized spacial score (nSPS) is 16.8. The van der Waals surface area contributed by atoms with E-state index >= 15 is 0 Å². The molecular formula is C18H21ClN4O2. The number of hydrogen-bond acceptors (Lipinski definition) is 4. The number of halogens is 1. The maximum absolute atomic E-state index is 12.3. The Hall–Kier alpha value is -2.34. The van der Waals surface area contributed by atoms with Gasteiger partial charge < -0.3 is 15.0 Å². The standard InChI is InChI=1S/C18H21ClN4O2/c1-12-9-13(2)22-17(21-12)25-16-7-8-23(11-16)18(24)20-10-14-3-5-15(19)6-4-14/h3-6,9,16H,7-8,10-11H2,1-2H3,(H,20,24)/t16-/m1/s1. The Balaban J connectivity index is 1.49. The van der Waals surface area contributed by atoms with Crippen LogP contribution in [0.4, 0.5) is 4.79 Å². The topological polar surface area (TPSA) is 67.3 Å².